The van der Waals surface area contributed by atoms with E-state index in [0.717, 1.165) is 0 Å². The Morgan fingerprint density at radius 1 is 0.745 bits per heavy atom. The Morgan fingerprint density at radius 2 is 1.16 bits per heavy atom. The smallest absolute Gasteiger partial charge is 0.407 e. The first-order valence-electron chi connectivity index (χ1n) is 16.9. The molecule has 306 valence electrons. The molecule has 0 aromatic heterocycles. The molecule has 12 nitrogen and oxygen atoms in total. The van der Waals surface area contributed by atoms with Crippen molar-refractivity contribution >= 4 is 41.8 Å². The van der Waals surface area contributed by atoms with Gasteiger partial charge in [0.2, 0.25) is 5.91 Å². The van der Waals surface area contributed by atoms with Crippen molar-refractivity contribution in [2.45, 2.75) is 103 Å². The normalized spacial score (nSPS) is 15.2. The summed E-state index contributed by atoms with van der Waals surface area (Å²) in [5, 5.41) is 12.8. The van der Waals surface area contributed by atoms with Gasteiger partial charge in [-0.25, -0.2) is 40.7 Å². The van der Waals surface area contributed by atoms with Gasteiger partial charge in [0.15, 0.2) is 28.6 Å². The first kappa shape index (κ1) is 46.5. The minimum atomic E-state index is -1.35. The molecule has 0 saturated carbocycles. The van der Waals surface area contributed by atoms with Gasteiger partial charge in [-0.15, -0.1) is 11.8 Å². The number of carbonyl (C=O) groups excluding carboxylic acids is 4. The van der Waals surface area contributed by atoms with Crippen LogP contribution < -0.4 is 10.6 Å². The van der Waals surface area contributed by atoms with Crippen LogP contribution in [0.1, 0.15) is 72.4 Å². The number of ether oxygens (including phenoxy) is 3. The van der Waals surface area contributed by atoms with Crippen molar-refractivity contribution < 1.29 is 69.6 Å². The van der Waals surface area contributed by atoms with Gasteiger partial charge in [-0.1, -0.05) is 0 Å². The zero-order valence-corrected chi connectivity index (χ0v) is 32.1. The lowest BCUT2D eigenvalue weighted by Gasteiger charge is -2.27. The molecule has 0 radical (unpaired) electrons. The number of esters is 1. The Morgan fingerprint density at radius 3 is 1.56 bits per heavy atom. The third kappa shape index (κ3) is 16.3. The lowest BCUT2D eigenvalue weighted by atomic mass is 10.0. The third-order valence-electron chi connectivity index (χ3n) is 7.09. The summed E-state index contributed by atoms with van der Waals surface area (Å²) in [5.41, 5.74) is -2.08. The zero-order chi connectivity index (χ0) is 41.8. The van der Waals surface area contributed by atoms with E-state index in [4.69, 9.17) is 19.3 Å². The molecule has 1 aliphatic heterocycles. The van der Waals surface area contributed by atoms with Crippen molar-refractivity contribution in [1.82, 2.24) is 15.5 Å². The van der Waals surface area contributed by atoms with Gasteiger partial charge in [-0.05, 0) is 84.6 Å². The van der Waals surface area contributed by atoms with Crippen molar-refractivity contribution in [3.05, 3.63) is 70.3 Å². The van der Waals surface area contributed by atoms with Gasteiger partial charge >= 0.3 is 24.1 Å². The maximum absolute atomic E-state index is 14.2. The van der Waals surface area contributed by atoms with Crippen molar-refractivity contribution in [1.29, 1.82) is 0 Å². The first-order chi connectivity index (χ1) is 25.4. The zero-order valence-electron chi connectivity index (χ0n) is 31.3. The number of benzene rings is 2. The van der Waals surface area contributed by atoms with E-state index >= 15 is 0 Å². The third-order valence-corrected chi connectivity index (χ3v) is 8.28. The van der Waals surface area contributed by atoms with Crippen LogP contribution in [0.3, 0.4) is 0 Å². The van der Waals surface area contributed by atoms with Crippen molar-refractivity contribution in [3.8, 4) is 0 Å². The van der Waals surface area contributed by atoms with Crippen LogP contribution in [0.15, 0.2) is 24.3 Å². The highest BCUT2D eigenvalue weighted by molar-refractivity contribution is 8.00. The number of nitrogens with zero attached hydrogens (tertiary/aromatic N) is 1. The topological polar surface area (TPSA) is 161 Å². The number of carboxylic acid groups (broad SMARTS) is 1. The van der Waals surface area contributed by atoms with Crippen molar-refractivity contribution in [2.24, 2.45) is 0 Å². The van der Waals surface area contributed by atoms with Crippen molar-refractivity contribution in [3.63, 3.8) is 0 Å². The molecule has 1 fully saturated rings. The number of alkyl carbamates (subject to hydrolysis) is 2. The fraction of sp³-hybridized carbons (Fsp3) is 0.528. The summed E-state index contributed by atoms with van der Waals surface area (Å²) in [6.45, 7) is 11.9. The van der Waals surface area contributed by atoms with Gasteiger partial charge in [0, 0.05) is 42.9 Å². The van der Waals surface area contributed by atoms with E-state index in [2.05, 4.69) is 10.6 Å². The summed E-state index contributed by atoms with van der Waals surface area (Å²) in [6.07, 6.45) is -3.19. The van der Waals surface area contributed by atoms with E-state index in [1.165, 1.54) is 16.7 Å². The van der Waals surface area contributed by atoms with Crippen LogP contribution in [-0.2, 0) is 41.4 Å². The second-order valence-electron chi connectivity index (χ2n) is 14.2. The second kappa shape index (κ2) is 20.3. The number of aliphatic carboxylic acids is 1. The lowest BCUT2D eigenvalue weighted by molar-refractivity contribution is -0.150. The lowest BCUT2D eigenvalue weighted by Crippen LogP contribution is -2.46. The van der Waals surface area contributed by atoms with Crippen molar-refractivity contribution in [2.75, 3.05) is 18.9 Å². The number of carboxylic acids is 1. The highest BCUT2D eigenvalue weighted by Crippen LogP contribution is 2.27. The van der Waals surface area contributed by atoms with Gasteiger partial charge < -0.3 is 34.9 Å². The quantitative estimate of drug-likeness (QED) is 0.0947. The average Bonchev–Trinajstić information content (AvgIpc) is 3.51. The molecule has 0 bridgehead atoms. The fourth-order valence-corrected chi connectivity index (χ4v) is 6.07. The fourth-order valence-electron chi connectivity index (χ4n) is 4.94. The molecule has 2 unspecified atom stereocenters. The molecule has 1 aliphatic rings. The minimum absolute atomic E-state index is 0.163. The molecule has 19 heteroatoms. The summed E-state index contributed by atoms with van der Waals surface area (Å²) in [5.74, 6) is -8.96. The van der Waals surface area contributed by atoms with E-state index in [1.807, 2.05) is 0 Å². The van der Waals surface area contributed by atoms with Gasteiger partial charge in [0.1, 0.15) is 22.8 Å². The Balaban J connectivity index is 0.000000402. The largest absolute Gasteiger partial charge is 0.481 e. The molecule has 2 aromatic rings. The molecule has 3 N–H and O–H groups in total. The summed E-state index contributed by atoms with van der Waals surface area (Å²) in [4.78, 5) is 61.2. The van der Waals surface area contributed by atoms with Crippen LogP contribution in [0.4, 0.5) is 35.9 Å². The molecule has 3 amide bonds. The molecule has 1 saturated heterocycles. The van der Waals surface area contributed by atoms with Gasteiger partial charge in [-0.2, -0.15) is 0 Å². The second-order valence-corrected chi connectivity index (χ2v) is 15.4. The standard InChI is InChI=1S/C21H27F3N2O5S.C15H18F3NO4/c1-5-30-19(28)18-26(6-7-32-18)17(27)10-13(25-20(29)31-21(2,3)4)8-12-9-15(23)16(24)11-14(12)22;1-15(2,3)23-14(22)19-9(6-13(20)21)4-8-5-11(17)12(18)7-10(8)16/h9,11,13,18H,5-8,10H2,1-4H3,(H,25,29);5,7,9H,4,6H2,1-3H3,(H,19,22)(H,20,21)/t13?,18-;/m1./s1. The predicted molar refractivity (Wildman–Crippen MR) is 188 cm³/mol. The molecule has 2 aromatic carbocycles. The molecule has 3 rings (SSSR count). The highest BCUT2D eigenvalue weighted by Gasteiger charge is 2.37. The number of thioether (sulfide) groups is 1. The Bertz CT molecular complexity index is 1700. The predicted octanol–water partition coefficient (Wildman–Crippen LogP) is 6.41. The number of rotatable bonds is 12. The molecular weight excluding hydrogens is 764 g/mol. The molecule has 0 aliphatic carbocycles. The van der Waals surface area contributed by atoms with Crippen LogP contribution >= 0.6 is 11.8 Å². The molecule has 1 heterocycles. The SMILES string of the molecule is CC(C)(C)OC(=O)NC(CC(=O)O)Cc1cc(F)c(F)cc1F.CCOC(=O)[C@H]1SCCN1C(=O)CC(Cc1cc(F)c(F)cc1F)NC(=O)OC(C)(C)C. The van der Waals surface area contributed by atoms with E-state index in [9.17, 15) is 50.3 Å². The number of carbonyl (C=O) groups is 5. The summed E-state index contributed by atoms with van der Waals surface area (Å²) in [7, 11) is 0. The minimum Gasteiger partial charge on any atom is -0.481 e. The summed E-state index contributed by atoms with van der Waals surface area (Å²) in [6, 6.07) is 0.0651. The van der Waals surface area contributed by atoms with E-state index in [0.29, 0.717) is 36.6 Å². The molecule has 55 heavy (non-hydrogen) atoms. The number of hydrogen-bond acceptors (Lipinski definition) is 9. The highest BCUT2D eigenvalue weighted by atomic mass is 32.2. The molecule has 0 spiro atoms. The maximum atomic E-state index is 14.2. The Hall–Kier alpha value is -4.68. The van der Waals surface area contributed by atoms with E-state index < -0.39 is 100 Å². The maximum Gasteiger partial charge on any atom is 0.407 e. The molecular formula is C36H45F6N3O9S. The first-order valence-corrected chi connectivity index (χ1v) is 18.0. The van der Waals surface area contributed by atoms with Crippen LogP contribution in [0.2, 0.25) is 0 Å². The average molecular weight is 810 g/mol. The number of hydrogen-bond donors (Lipinski definition) is 3. The van der Waals surface area contributed by atoms with E-state index in [-0.39, 0.29) is 37.0 Å². The van der Waals surface area contributed by atoms with E-state index in [1.54, 1.807) is 48.5 Å². The van der Waals surface area contributed by atoms with Gasteiger partial charge in [0.25, 0.3) is 0 Å². The van der Waals surface area contributed by atoms with Gasteiger partial charge in [0.05, 0.1) is 13.0 Å². The van der Waals surface area contributed by atoms with Crippen LogP contribution in [-0.4, -0.2) is 87.6 Å². The number of amides is 3. The summed E-state index contributed by atoms with van der Waals surface area (Å²) >= 11 is 1.25. The van der Waals surface area contributed by atoms with Crippen LogP contribution in [0.25, 0.3) is 0 Å². The van der Waals surface area contributed by atoms with Gasteiger partial charge in [-0.3, -0.25) is 9.59 Å². The number of halogens is 6. The Labute approximate surface area is 318 Å². The van der Waals surface area contributed by atoms with Crippen LogP contribution in [0, 0.1) is 34.9 Å². The summed E-state index contributed by atoms with van der Waals surface area (Å²) < 4.78 is 96.0. The molecule has 3 atom stereocenters. The van der Waals surface area contributed by atoms with Crippen LogP contribution in [0.5, 0.6) is 0 Å². The Kier molecular flexibility index (Phi) is 17.2. The number of nitrogens with one attached hydrogen (secondary N) is 2. The monoisotopic (exact) mass is 809 g/mol.